The Bertz CT molecular complexity index is 713. The van der Waals surface area contributed by atoms with Crippen LogP contribution in [0.25, 0.3) is 10.9 Å². The van der Waals surface area contributed by atoms with E-state index in [1.807, 2.05) is 23.1 Å². The highest BCUT2D eigenvalue weighted by molar-refractivity contribution is 5.85. The fourth-order valence-electron chi connectivity index (χ4n) is 3.50. The molecule has 5 nitrogen and oxygen atoms in total. The van der Waals surface area contributed by atoms with Crippen molar-refractivity contribution in [2.24, 2.45) is 0 Å². The molecule has 0 bridgehead atoms. The summed E-state index contributed by atoms with van der Waals surface area (Å²) in [5.74, 6) is 1.28. The smallest absolute Gasteiger partial charge is 0.239 e. The summed E-state index contributed by atoms with van der Waals surface area (Å²) >= 11 is 0. The predicted octanol–water partition coefficient (Wildman–Crippen LogP) is 2.48. The van der Waals surface area contributed by atoms with Crippen molar-refractivity contribution in [3.8, 4) is 0 Å². The molecule has 1 unspecified atom stereocenters. The second-order valence-corrected chi connectivity index (χ2v) is 6.32. The highest BCUT2D eigenvalue weighted by Crippen LogP contribution is 2.20. The molecule has 1 aromatic carbocycles. The van der Waals surface area contributed by atoms with Crippen molar-refractivity contribution >= 4 is 47.4 Å². The second-order valence-electron chi connectivity index (χ2n) is 6.32. The van der Waals surface area contributed by atoms with Gasteiger partial charge in [-0.1, -0.05) is 18.2 Å². The molecule has 1 N–H and O–H groups in total. The molecule has 25 heavy (non-hydrogen) atoms. The number of pyridine rings is 1. The highest BCUT2D eigenvalue weighted by Gasteiger charge is 2.29. The number of nitrogens with one attached hydrogen (secondary N) is 1. The van der Waals surface area contributed by atoms with Gasteiger partial charge in [-0.25, -0.2) is 4.98 Å². The monoisotopic (exact) mass is 382 g/mol. The topological polar surface area (TPSA) is 48.5 Å². The molecule has 2 aromatic rings. The van der Waals surface area contributed by atoms with Crippen LogP contribution >= 0.6 is 24.8 Å². The predicted molar refractivity (Wildman–Crippen MR) is 106 cm³/mol. The molecule has 4 rings (SSSR count). The summed E-state index contributed by atoms with van der Waals surface area (Å²) in [5, 5.41) is 4.46. The maximum Gasteiger partial charge on any atom is 0.239 e. The number of piperazine rings is 1. The summed E-state index contributed by atoms with van der Waals surface area (Å²) < 4.78 is 0. The summed E-state index contributed by atoms with van der Waals surface area (Å²) in [6.45, 7) is 4.24. The SMILES string of the molecule is Cl.Cl.O=C(C1CCCN1)N1CCN(c2ccc3ccccc3n2)CC1. The van der Waals surface area contributed by atoms with Gasteiger partial charge in [0, 0.05) is 31.6 Å². The highest BCUT2D eigenvalue weighted by atomic mass is 35.5. The van der Waals surface area contributed by atoms with Gasteiger partial charge in [0.2, 0.25) is 5.91 Å². The fourth-order valence-corrected chi connectivity index (χ4v) is 3.50. The minimum Gasteiger partial charge on any atom is -0.353 e. The van der Waals surface area contributed by atoms with E-state index < -0.39 is 0 Å². The molecular formula is C18H24Cl2N4O. The molecule has 136 valence electrons. The van der Waals surface area contributed by atoms with Crippen molar-refractivity contribution in [3.05, 3.63) is 36.4 Å². The molecule has 1 aromatic heterocycles. The van der Waals surface area contributed by atoms with Gasteiger partial charge in [0.05, 0.1) is 11.6 Å². The largest absolute Gasteiger partial charge is 0.353 e. The molecule has 1 amide bonds. The Labute approximate surface area is 160 Å². The summed E-state index contributed by atoms with van der Waals surface area (Å²) in [6.07, 6.45) is 2.09. The Balaban J connectivity index is 0.00000113. The number of hydrogen-bond acceptors (Lipinski definition) is 4. The standard InChI is InChI=1S/C18H22N4O.2ClH/c23-18(16-6-3-9-19-16)22-12-10-21(11-13-22)17-8-7-14-4-1-2-5-15(14)20-17;;/h1-2,4-5,7-8,16,19H,3,6,9-13H2;2*1H. The molecular weight excluding hydrogens is 359 g/mol. The van der Waals surface area contributed by atoms with Crippen LogP contribution in [0.4, 0.5) is 5.82 Å². The molecule has 2 fully saturated rings. The number of carbonyl (C=O) groups is 1. The number of nitrogens with zero attached hydrogens (tertiary/aromatic N) is 3. The first-order chi connectivity index (χ1) is 11.3. The van der Waals surface area contributed by atoms with Crippen LogP contribution in [0.3, 0.4) is 0 Å². The van der Waals surface area contributed by atoms with Crippen LogP contribution in [0.15, 0.2) is 36.4 Å². The van der Waals surface area contributed by atoms with Crippen molar-refractivity contribution < 1.29 is 4.79 Å². The van der Waals surface area contributed by atoms with Gasteiger partial charge in [0.25, 0.3) is 0 Å². The molecule has 0 radical (unpaired) electrons. The molecule has 2 saturated heterocycles. The summed E-state index contributed by atoms with van der Waals surface area (Å²) in [7, 11) is 0. The maximum atomic E-state index is 12.4. The third-order valence-corrected chi connectivity index (χ3v) is 4.86. The number of benzene rings is 1. The molecule has 7 heteroatoms. The Kier molecular flexibility index (Phi) is 6.87. The minimum absolute atomic E-state index is 0. The van der Waals surface area contributed by atoms with Gasteiger partial charge in [-0.2, -0.15) is 0 Å². The molecule has 0 spiro atoms. The van der Waals surface area contributed by atoms with E-state index in [0.717, 1.165) is 62.3 Å². The Morgan fingerprint density at radius 1 is 1.04 bits per heavy atom. The van der Waals surface area contributed by atoms with Crippen molar-refractivity contribution in [2.75, 3.05) is 37.6 Å². The van der Waals surface area contributed by atoms with Crippen molar-refractivity contribution in [2.45, 2.75) is 18.9 Å². The number of rotatable bonds is 2. The van der Waals surface area contributed by atoms with Crippen LogP contribution in [0.1, 0.15) is 12.8 Å². The van der Waals surface area contributed by atoms with E-state index in [9.17, 15) is 4.79 Å². The molecule has 1 atom stereocenters. The zero-order valence-corrected chi connectivity index (χ0v) is 15.7. The van der Waals surface area contributed by atoms with E-state index in [2.05, 4.69) is 28.4 Å². The lowest BCUT2D eigenvalue weighted by Crippen LogP contribution is -2.53. The average molecular weight is 383 g/mol. The van der Waals surface area contributed by atoms with Gasteiger partial charge >= 0.3 is 0 Å². The molecule has 0 saturated carbocycles. The third kappa shape index (κ3) is 4.17. The molecule has 0 aliphatic carbocycles. The zero-order valence-electron chi connectivity index (χ0n) is 14.1. The third-order valence-electron chi connectivity index (χ3n) is 4.86. The quantitative estimate of drug-likeness (QED) is 0.866. The fraction of sp³-hybridized carbons (Fsp3) is 0.444. The van der Waals surface area contributed by atoms with Crippen molar-refractivity contribution in [3.63, 3.8) is 0 Å². The van der Waals surface area contributed by atoms with Gasteiger partial charge in [0.1, 0.15) is 5.82 Å². The second kappa shape index (κ2) is 8.70. The van der Waals surface area contributed by atoms with E-state index in [1.54, 1.807) is 0 Å². The van der Waals surface area contributed by atoms with Crippen LogP contribution in [0.5, 0.6) is 0 Å². The van der Waals surface area contributed by atoms with Crippen LogP contribution in [-0.2, 0) is 4.79 Å². The van der Waals surface area contributed by atoms with Gasteiger partial charge in [-0.05, 0) is 37.6 Å². The van der Waals surface area contributed by atoms with Gasteiger partial charge in [-0.3, -0.25) is 4.79 Å². The van der Waals surface area contributed by atoms with Crippen molar-refractivity contribution in [1.29, 1.82) is 0 Å². The maximum absolute atomic E-state index is 12.4. The van der Waals surface area contributed by atoms with Crippen LogP contribution in [-0.4, -0.2) is 54.6 Å². The molecule has 2 aliphatic heterocycles. The van der Waals surface area contributed by atoms with Crippen LogP contribution < -0.4 is 10.2 Å². The number of carbonyl (C=O) groups excluding carboxylic acids is 1. The number of hydrogen-bond donors (Lipinski definition) is 1. The van der Waals surface area contributed by atoms with E-state index >= 15 is 0 Å². The van der Waals surface area contributed by atoms with E-state index in [4.69, 9.17) is 4.98 Å². The van der Waals surface area contributed by atoms with E-state index in [0.29, 0.717) is 0 Å². The molecule has 2 aliphatic rings. The number of fused-ring (bicyclic) bond motifs is 1. The lowest BCUT2D eigenvalue weighted by Gasteiger charge is -2.36. The van der Waals surface area contributed by atoms with E-state index in [1.165, 1.54) is 0 Å². The molecule has 3 heterocycles. The Morgan fingerprint density at radius 2 is 1.80 bits per heavy atom. The lowest BCUT2D eigenvalue weighted by atomic mass is 10.2. The number of halogens is 2. The Hall–Kier alpha value is -1.56. The number of amides is 1. The normalized spacial score (nSPS) is 20.1. The van der Waals surface area contributed by atoms with Gasteiger partial charge in [-0.15, -0.1) is 24.8 Å². The lowest BCUT2D eigenvalue weighted by molar-refractivity contribution is -0.133. The number of para-hydroxylation sites is 1. The summed E-state index contributed by atoms with van der Waals surface area (Å²) in [6, 6.07) is 12.4. The Morgan fingerprint density at radius 3 is 2.52 bits per heavy atom. The minimum atomic E-state index is 0. The number of aromatic nitrogens is 1. The first-order valence-corrected chi connectivity index (χ1v) is 8.44. The van der Waals surface area contributed by atoms with Gasteiger partial charge in [0.15, 0.2) is 0 Å². The van der Waals surface area contributed by atoms with Gasteiger partial charge < -0.3 is 15.1 Å². The van der Waals surface area contributed by atoms with Crippen LogP contribution in [0, 0.1) is 0 Å². The summed E-state index contributed by atoms with van der Waals surface area (Å²) in [4.78, 5) is 21.5. The summed E-state index contributed by atoms with van der Waals surface area (Å²) in [5.41, 5.74) is 1.03. The zero-order chi connectivity index (χ0) is 15.6. The number of anilines is 1. The first kappa shape index (κ1) is 19.8. The van der Waals surface area contributed by atoms with E-state index in [-0.39, 0.29) is 36.8 Å². The van der Waals surface area contributed by atoms with Crippen molar-refractivity contribution in [1.82, 2.24) is 15.2 Å². The average Bonchev–Trinajstić information content (AvgIpc) is 3.15. The first-order valence-electron chi connectivity index (χ1n) is 8.44. The van der Waals surface area contributed by atoms with Crippen LogP contribution in [0.2, 0.25) is 0 Å².